The average Bonchev–Trinajstić information content (AvgIpc) is 3.04. The van der Waals surface area contributed by atoms with Gasteiger partial charge in [-0.3, -0.25) is 9.48 Å². The topological polar surface area (TPSA) is 94.3 Å². The highest BCUT2D eigenvalue weighted by Crippen LogP contribution is 2.26. The SMILES string of the molecule is NC(=O)c1cnn(C2CN(c3ccc4nccn4n3)C2)c1. The predicted molar refractivity (Wildman–Crippen MR) is 75.0 cm³/mol. The Labute approximate surface area is 119 Å². The number of nitrogens with zero attached hydrogens (tertiary/aromatic N) is 6. The largest absolute Gasteiger partial charge is 0.366 e. The maximum atomic E-state index is 11.1. The maximum Gasteiger partial charge on any atom is 0.251 e. The molecule has 4 heterocycles. The van der Waals surface area contributed by atoms with E-state index in [0.29, 0.717) is 5.56 Å². The molecule has 0 spiro atoms. The predicted octanol–water partition coefficient (Wildman–Crippen LogP) is 0.0860. The van der Waals surface area contributed by atoms with Crippen LogP contribution in [0.3, 0.4) is 0 Å². The molecule has 0 unspecified atom stereocenters. The summed E-state index contributed by atoms with van der Waals surface area (Å²) in [6.07, 6.45) is 6.74. The maximum absolute atomic E-state index is 11.1. The number of rotatable bonds is 3. The standard InChI is InChI=1S/C13H13N7O/c14-13(21)9-5-16-20(6-9)10-7-18(8-10)12-2-1-11-15-3-4-19(11)17-12/h1-6,10H,7-8H2,(H2,14,21). The molecule has 4 rings (SSSR count). The third-order valence-corrected chi connectivity index (χ3v) is 3.69. The molecule has 21 heavy (non-hydrogen) atoms. The van der Waals surface area contributed by atoms with Crippen LogP contribution in [-0.4, -0.2) is 43.4 Å². The molecule has 1 aliphatic heterocycles. The van der Waals surface area contributed by atoms with E-state index in [1.54, 1.807) is 21.6 Å². The van der Waals surface area contributed by atoms with E-state index in [0.717, 1.165) is 24.6 Å². The lowest BCUT2D eigenvalue weighted by Gasteiger charge is -2.39. The van der Waals surface area contributed by atoms with Crippen molar-refractivity contribution in [2.24, 2.45) is 5.73 Å². The van der Waals surface area contributed by atoms with Crippen molar-refractivity contribution in [3.05, 3.63) is 42.5 Å². The molecule has 0 radical (unpaired) electrons. The number of carbonyl (C=O) groups excluding carboxylic acids is 1. The van der Waals surface area contributed by atoms with Gasteiger partial charge >= 0.3 is 0 Å². The fraction of sp³-hybridized carbons (Fsp3) is 0.231. The van der Waals surface area contributed by atoms with Crippen LogP contribution >= 0.6 is 0 Å². The molecule has 1 amide bonds. The smallest absolute Gasteiger partial charge is 0.251 e. The van der Waals surface area contributed by atoms with Crippen LogP contribution in [0.4, 0.5) is 5.82 Å². The lowest BCUT2D eigenvalue weighted by atomic mass is 10.1. The number of nitrogens with two attached hydrogens (primary N) is 1. The van der Waals surface area contributed by atoms with Crippen molar-refractivity contribution in [2.75, 3.05) is 18.0 Å². The second-order valence-corrected chi connectivity index (χ2v) is 5.05. The second-order valence-electron chi connectivity index (χ2n) is 5.05. The number of aromatic nitrogens is 5. The minimum Gasteiger partial charge on any atom is -0.366 e. The van der Waals surface area contributed by atoms with Gasteiger partial charge in [0, 0.05) is 31.7 Å². The summed E-state index contributed by atoms with van der Waals surface area (Å²) in [6.45, 7) is 1.60. The van der Waals surface area contributed by atoms with Gasteiger partial charge in [-0.15, -0.1) is 5.10 Å². The van der Waals surface area contributed by atoms with E-state index in [2.05, 4.69) is 20.1 Å². The van der Waals surface area contributed by atoms with Crippen LogP contribution < -0.4 is 10.6 Å². The number of hydrogen-bond acceptors (Lipinski definition) is 5. The molecular formula is C13H13N7O. The molecule has 0 aliphatic carbocycles. The van der Waals surface area contributed by atoms with Gasteiger partial charge in [0.1, 0.15) is 5.82 Å². The Kier molecular flexibility index (Phi) is 2.44. The zero-order chi connectivity index (χ0) is 14.4. The second kappa shape index (κ2) is 4.30. The Morgan fingerprint density at radius 3 is 2.95 bits per heavy atom. The quantitative estimate of drug-likeness (QED) is 0.735. The van der Waals surface area contributed by atoms with Crippen LogP contribution in [0.2, 0.25) is 0 Å². The number of anilines is 1. The van der Waals surface area contributed by atoms with Gasteiger partial charge in [0.05, 0.1) is 17.8 Å². The summed E-state index contributed by atoms with van der Waals surface area (Å²) in [6, 6.07) is 4.13. The Morgan fingerprint density at radius 2 is 2.19 bits per heavy atom. The molecule has 0 atom stereocenters. The summed E-state index contributed by atoms with van der Waals surface area (Å²) in [5.41, 5.74) is 6.49. The zero-order valence-electron chi connectivity index (χ0n) is 11.1. The Balaban J connectivity index is 1.49. The third-order valence-electron chi connectivity index (χ3n) is 3.69. The van der Waals surface area contributed by atoms with E-state index in [4.69, 9.17) is 5.73 Å². The van der Waals surface area contributed by atoms with Crippen molar-refractivity contribution in [3.63, 3.8) is 0 Å². The molecule has 1 aliphatic rings. The average molecular weight is 283 g/mol. The van der Waals surface area contributed by atoms with Crippen LogP contribution in [0.5, 0.6) is 0 Å². The summed E-state index contributed by atoms with van der Waals surface area (Å²) in [5.74, 6) is 0.448. The van der Waals surface area contributed by atoms with Gasteiger partial charge in [0.15, 0.2) is 5.65 Å². The summed E-state index contributed by atoms with van der Waals surface area (Å²) in [4.78, 5) is 17.4. The first-order valence-corrected chi connectivity index (χ1v) is 6.60. The van der Waals surface area contributed by atoms with Crippen LogP contribution in [0, 0.1) is 0 Å². The fourth-order valence-corrected chi connectivity index (χ4v) is 2.45. The minimum atomic E-state index is -0.454. The van der Waals surface area contributed by atoms with Crippen molar-refractivity contribution < 1.29 is 4.79 Å². The van der Waals surface area contributed by atoms with E-state index < -0.39 is 5.91 Å². The molecule has 0 bridgehead atoms. The number of fused-ring (bicyclic) bond motifs is 1. The molecule has 8 heteroatoms. The van der Waals surface area contributed by atoms with E-state index in [-0.39, 0.29) is 6.04 Å². The third kappa shape index (κ3) is 1.92. The molecule has 0 aromatic carbocycles. The van der Waals surface area contributed by atoms with Crippen molar-refractivity contribution in [1.29, 1.82) is 0 Å². The first kappa shape index (κ1) is 11.9. The highest BCUT2D eigenvalue weighted by molar-refractivity contribution is 5.92. The monoisotopic (exact) mass is 283 g/mol. The molecule has 8 nitrogen and oxygen atoms in total. The highest BCUT2D eigenvalue weighted by Gasteiger charge is 2.30. The van der Waals surface area contributed by atoms with Crippen molar-refractivity contribution >= 4 is 17.4 Å². The number of amides is 1. The molecule has 1 fully saturated rings. The van der Waals surface area contributed by atoms with E-state index >= 15 is 0 Å². The normalized spacial score (nSPS) is 15.3. The number of primary amides is 1. The molecular weight excluding hydrogens is 270 g/mol. The number of carbonyl (C=O) groups is 1. The molecule has 0 saturated carbocycles. The molecule has 106 valence electrons. The molecule has 1 saturated heterocycles. The minimum absolute atomic E-state index is 0.235. The van der Waals surface area contributed by atoms with E-state index in [1.165, 1.54) is 6.20 Å². The fourth-order valence-electron chi connectivity index (χ4n) is 2.45. The van der Waals surface area contributed by atoms with Gasteiger partial charge in [-0.25, -0.2) is 9.50 Å². The Hall–Kier alpha value is -2.90. The summed E-state index contributed by atoms with van der Waals surface area (Å²) < 4.78 is 3.54. The van der Waals surface area contributed by atoms with E-state index in [9.17, 15) is 4.79 Å². The van der Waals surface area contributed by atoms with Gasteiger partial charge in [-0.2, -0.15) is 5.10 Å². The lowest BCUT2D eigenvalue weighted by molar-refractivity contribution is 0.1000. The summed E-state index contributed by atoms with van der Waals surface area (Å²) in [7, 11) is 0. The molecule has 3 aromatic rings. The zero-order valence-corrected chi connectivity index (χ0v) is 11.1. The Bertz CT molecular complexity index is 815. The van der Waals surface area contributed by atoms with E-state index in [1.807, 2.05) is 18.3 Å². The molecule has 2 N–H and O–H groups in total. The van der Waals surface area contributed by atoms with Crippen molar-refractivity contribution in [1.82, 2.24) is 24.4 Å². The van der Waals surface area contributed by atoms with Gasteiger partial charge < -0.3 is 10.6 Å². The first-order chi connectivity index (χ1) is 10.2. The van der Waals surface area contributed by atoms with Crippen LogP contribution in [0.1, 0.15) is 16.4 Å². The Morgan fingerprint density at radius 1 is 1.33 bits per heavy atom. The number of imidazole rings is 1. The van der Waals surface area contributed by atoms with Crippen molar-refractivity contribution in [2.45, 2.75) is 6.04 Å². The summed E-state index contributed by atoms with van der Waals surface area (Å²) in [5, 5.41) is 8.68. The van der Waals surface area contributed by atoms with Gasteiger partial charge in [-0.05, 0) is 12.1 Å². The van der Waals surface area contributed by atoms with Gasteiger partial charge in [0.25, 0.3) is 5.91 Å². The summed E-state index contributed by atoms with van der Waals surface area (Å²) >= 11 is 0. The first-order valence-electron chi connectivity index (χ1n) is 6.60. The lowest BCUT2D eigenvalue weighted by Crippen LogP contribution is -2.48. The van der Waals surface area contributed by atoms with Gasteiger partial charge in [-0.1, -0.05) is 0 Å². The number of hydrogen-bond donors (Lipinski definition) is 1. The highest BCUT2D eigenvalue weighted by atomic mass is 16.1. The van der Waals surface area contributed by atoms with Crippen molar-refractivity contribution in [3.8, 4) is 0 Å². The van der Waals surface area contributed by atoms with Crippen LogP contribution in [0.25, 0.3) is 5.65 Å². The van der Waals surface area contributed by atoms with Gasteiger partial charge in [0.2, 0.25) is 0 Å². The van der Waals surface area contributed by atoms with Crippen LogP contribution in [-0.2, 0) is 0 Å². The van der Waals surface area contributed by atoms with Crippen LogP contribution in [0.15, 0.2) is 36.9 Å². The molecule has 3 aromatic heterocycles.